The molecule has 0 aromatic heterocycles. The zero-order valence-corrected chi connectivity index (χ0v) is 13.4. The topological polar surface area (TPSA) is 38.3 Å². The van der Waals surface area contributed by atoms with E-state index in [9.17, 15) is 4.79 Å². The Hall–Kier alpha value is -1.51. The number of hydrogen-bond acceptors (Lipinski definition) is 2. The highest BCUT2D eigenvalue weighted by Crippen LogP contribution is 2.34. The van der Waals surface area contributed by atoms with E-state index in [2.05, 4.69) is 19.2 Å². The van der Waals surface area contributed by atoms with Gasteiger partial charge in [-0.2, -0.15) is 0 Å². The lowest BCUT2D eigenvalue weighted by Crippen LogP contribution is -2.23. The third-order valence-electron chi connectivity index (χ3n) is 4.68. The number of nitrogens with one attached hydrogen (secondary N) is 1. The Bertz CT molecular complexity index is 445. The standard InChI is InChI=1S/C18H27NO2/c1-13(2)15-6-4-14(5-7-15)12-18(20)19-16-8-10-17(21-3)11-9-16/h8-11,13-15H,4-7,12H2,1-3H3,(H,19,20). The molecule has 0 saturated heterocycles. The summed E-state index contributed by atoms with van der Waals surface area (Å²) in [6, 6.07) is 7.49. The Kier molecular flexibility index (Phi) is 5.66. The molecule has 0 atom stereocenters. The second-order valence-corrected chi connectivity index (χ2v) is 6.51. The molecule has 1 aromatic rings. The molecular formula is C18H27NO2. The molecule has 116 valence electrons. The second kappa shape index (κ2) is 7.48. The molecule has 3 heteroatoms. The van der Waals surface area contributed by atoms with Gasteiger partial charge in [-0.3, -0.25) is 4.79 Å². The normalized spacial score (nSPS) is 22.1. The van der Waals surface area contributed by atoms with Gasteiger partial charge in [0.2, 0.25) is 5.91 Å². The van der Waals surface area contributed by atoms with Crippen LogP contribution in [0.25, 0.3) is 0 Å². The highest BCUT2D eigenvalue weighted by Gasteiger charge is 2.24. The number of methoxy groups -OCH3 is 1. The molecular weight excluding hydrogens is 262 g/mol. The minimum absolute atomic E-state index is 0.133. The minimum atomic E-state index is 0.133. The molecule has 0 unspecified atom stereocenters. The Morgan fingerprint density at radius 3 is 2.33 bits per heavy atom. The van der Waals surface area contributed by atoms with Crippen LogP contribution >= 0.6 is 0 Å². The summed E-state index contributed by atoms with van der Waals surface area (Å²) < 4.78 is 5.11. The van der Waals surface area contributed by atoms with E-state index >= 15 is 0 Å². The average Bonchev–Trinajstić information content (AvgIpc) is 2.48. The Labute approximate surface area is 128 Å². The van der Waals surface area contributed by atoms with Crippen molar-refractivity contribution < 1.29 is 9.53 Å². The summed E-state index contributed by atoms with van der Waals surface area (Å²) in [5, 5.41) is 2.98. The number of ether oxygens (including phenoxy) is 1. The van der Waals surface area contributed by atoms with E-state index in [1.807, 2.05) is 24.3 Å². The highest BCUT2D eigenvalue weighted by atomic mass is 16.5. The monoisotopic (exact) mass is 289 g/mol. The first-order valence-corrected chi connectivity index (χ1v) is 8.02. The number of anilines is 1. The van der Waals surface area contributed by atoms with Gasteiger partial charge in [-0.15, -0.1) is 0 Å². The van der Waals surface area contributed by atoms with Crippen LogP contribution in [0.4, 0.5) is 5.69 Å². The van der Waals surface area contributed by atoms with Gasteiger partial charge >= 0.3 is 0 Å². The Balaban J connectivity index is 1.77. The van der Waals surface area contributed by atoms with Gasteiger partial charge in [-0.25, -0.2) is 0 Å². The minimum Gasteiger partial charge on any atom is -0.497 e. The SMILES string of the molecule is COc1ccc(NC(=O)CC2CCC(C(C)C)CC2)cc1. The maximum absolute atomic E-state index is 12.1. The van der Waals surface area contributed by atoms with Crippen molar-refractivity contribution in [2.45, 2.75) is 46.0 Å². The molecule has 1 N–H and O–H groups in total. The van der Waals surface area contributed by atoms with Gasteiger partial charge in [0.1, 0.15) is 5.75 Å². The number of carbonyl (C=O) groups excluding carboxylic acids is 1. The van der Waals surface area contributed by atoms with Crippen molar-refractivity contribution in [3.63, 3.8) is 0 Å². The van der Waals surface area contributed by atoms with Crippen LogP contribution in [-0.2, 0) is 4.79 Å². The van der Waals surface area contributed by atoms with Crippen molar-refractivity contribution >= 4 is 11.6 Å². The van der Waals surface area contributed by atoms with Crippen molar-refractivity contribution in [1.82, 2.24) is 0 Å². The van der Waals surface area contributed by atoms with Crippen molar-refractivity contribution in [3.05, 3.63) is 24.3 Å². The molecule has 3 nitrogen and oxygen atoms in total. The lowest BCUT2D eigenvalue weighted by atomic mass is 9.76. The van der Waals surface area contributed by atoms with Crippen LogP contribution in [0, 0.1) is 17.8 Å². The molecule has 1 aromatic carbocycles. The summed E-state index contributed by atoms with van der Waals surface area (Å²) in [6.45, 7) is 4.61. The molecule has 0 radical (unpaired) electrons. The molecule has 0 spiro atoms. The van der Waals surface area contributed by atoms with E-state index in [1.165, 1.54) is 25.7 Å². The van der Waals surface area contributed by atoms with Gasteiger partial charge in [0.15, 0.2) is 0 Å². The van der Waals surface area contributed by atoms with Crippen molar-refractivity contribution in [2.75, 3.05) is 12.4 Å². The molecule has 2 rings (SSSR count). The molecule has 1 fully saturated rings. The molecule has 1 saturated carbocycles. The second-order valence-electron chi connectivity index (χ2n) is 6.51. The van der Waals surface area contributed by atoms with Crippen LogP contribution < -0.4 is 10.1 Å². The first kappa shape index (κ1) is 15.9. The fourth-order valence-electron chi connectivity index (χ4n) is 3.21. The van der Waals surface area contributed by atoms with Gasteiger partial charge in [-0.1, -0.05) is 13.8 Å². The van der Waals surface area contributed by atoms with E-state index in [0.29, 0.717) is 12.3 Å². The molecule has 1 aliphatic rings. The van der Waals surface area contributed by atoms with Gasteiger partial charge < -0.3 is 10.1 Å². The molecule has 0 heterocycles. The highest BCUT2D eigenvalue weighted by molar-refractivity contribution is 5.90. The van der Waals surface area contributed by atoms with Gasteiger partial charge in [-0.05, 0) is 67.7 Å². The lowest BCUT2D eigenvalue weighted by Gasteiger charge is -2.30. The van der Waals surface area contributed by atoms with Crippen LogP contribution in [0.3, 0.4) is 0 Å². The predicted molar refractivity (Wildman–Crippen MR) is 86.5 cm³/mol. The van der Waals surface area contributed by atoms with E-state index in [4.69, 9.17) is 4.74 Å². The van der Waals surface area contributed by atoms with E-state index in [-0.39, 0.29) is 5.91 Å². The summed E-state index contributed by atoms with van der Waals surface area (Å²) in [5.41, 5.74) is 0.844. The fourth-order valence-corrected chi connectivity index (χ4v) is 3.21. The van der Waals surface area contributed by atoms with Crippen molar-refractivity contribution in [1.29, 1.82) is 0 Å². The maximum Gasteiger partial charge on any atom is 0.224 e. The Morgan fingerprint density at radius 1 is 1.19 bits per heavy atom. The Morgan fingerprint density at radius 2 is 1.81 bits per heavy atom. The fraction of sp³-hybridized carbons (Fsp3) is 0.611. The maximum atomic E-state index is 12.1. The van der Waals surface area contributed by atoms with Crippen molar-refractivity contribution in [2.24, 2.45) is 17.8 Å². The summed E-state index contributed by atoms with van der Waals surface area (Å²) in [6.07, 6.45) is 5.59. The van der Waals surface area contributed by atoms with Crippen LogP contribution in [0.15, 0.2) is 24.3 Å². The summed E-state index contributed by atoms with van der Waals surface area (Å²) in [7, 11) is 1.64. The zero-order chi connectivity index (χ0) is 15.2. The van der Waals surface area contributed by atoms with Gasteiger partial charge in [0, 0.05) is 12.1 Å². The van der Waals surface area contributed by atoms with Crippen LogP contribution in [0.1, 0.15) is 46.0 Å². The number of carbonyl (C=O) groups is 1. The quantitative estimate of drug-likeness (QED) is 0.867. The summed E-state index contributed by atoms with van der Waals surface area (Å²) in [4.78, 5) is 12.1. The van der Waals surface area contributed by atoms with Crippen LogP contribution in [0.5, 0.6) is 5.75 Å². The number of benzene rings is 1. The number of amides is 1. The third-order valence-corrected chi connectivity index (χ3v) is 4.68. The molecule has 0 bridgehead atoms. The smallest absolute Gasteiger partial charge is 0.224 e. The lowest BCUT2D eigenvalue weighted by molar-refractivity contribution is -0.117. The van der Waals surface area contributed by atoms with E-state index < -0.39 is 0 Å². The number of hydrogen-bond donors (Lipinski definition) is 1. The molecule has 1 aliphatic carbocycles. The number of rotatable bonds is 5. The zero-order valence-electron chi connectivity index (χ0n) is 13.4. The largest absolute Gasteiger partial charge is 0.497 e. The first-order valence-electron chi connectivity index (χ1n) is 8.02. The van der Waals surface area contributed by atoms with Crippen molar-refractivity contribution in [3.8, 4) is 5.75 Å². The van der Waals surface area contributed by atoms with Gasteiger partial charge in [0.25, 0.3) is 0 Å². The molecule has 21 heavy (non-hydrogen) atoms. The average molecular weight is 289 g/mol. The summed E-state index contributed by atoms with van der Waals surface area (Å²) in [5.74, 6) is 3.12. The first-order chi connectivity index (χ1) is 10.1. The third kappa shape index (κ3) is 4.76. The van der Waals surface area contributed by atoms with Crippen LogP contribution in [0.2, 0.25) is 0 Å². The van der Waals surface area contributed by atoms with E-state index in [0.717, 1.165) is 23.3 Å². The predicted octanol–water partition coefficient (Wildman–Crippen LogP) is 4.49. The molecule has 1 amide bonds. The summed E-state index contributed by atoms with van der Waals surface area (Å²) >= 11 is 0. The van der Waals surface area contributed by atoms with E-state index in [1.54, 1.807) is 7.11 Å². The van der Waals surface area contributed by atoms with Crippen LogP contribution in [-0.4, -0.2) is 13.0 Å². The molecule has 0 aliphatic heterocycles. The van der Waals surface area contributed by atoms with Gasteiger partial charge in [0.05, 0.1) is 7.11 Å².